The molecule has 0 aromatic carbocycles. The van der Waals surface area contributed by atoms with Crippen LogP contribution in [0.4, 0.5) is 0 Å². The zero-order chi connectivity index (χ0) is 9.54. The van der Waals surface area contributed by atoms with E-state index in [9.17, 15) is 0 Å². The number of aromatic nitrogens is 2. The zero-order valence-electron chi connectivity index (χ0n) is 7.88. The lowest BCUT2D eigenvalue weighted by molar-refractivity contribution is 0.108. The average molecular weight is 208 g/mol. The van der Waals surface area contributed by atoms with Crippen LogP contribution in [0.2, 0.25) is 0 Å². The van der Waals surface area contributed by atoms with Gasteiger partial charge in [0.25, 0.3) is 0 Å². The van der Waals surface area contributed by atoms with Crippen LogP contribution < -0.4 is 0 Å². The Bertz CT molecular complexity index is 423. The van der Waals surface area contributed by atoms with E-state index in [1.54, 1.807) is 0 Å². The van der Waals surface area contributed by atoms with E-state index in [0.717, 1.165) is 29.1 Å². The van der Waals surface area contributed by atoms with Crippen LogP contribution in [-0.4, -0.2) is 16.6 Å². The summed E-state index contributed by atoms with van der Waals surface area (Å²) < 4.78 is 6.10. The lowest BCUT2D eigenvalue weighted by Gasteiger charge is -2.16. The highest BCUT2D eigenvalue weighted by Crippen LogP contribution is 2.38. The van der Waals surface area contributed by atoms with Crippen molar-refractivity contribution in [2.75, 3.05) is 6.61 Å². The van der Waals surface area contributed by atoms with Crippen LogP contribution in [0.5, 0.6) is 0 Å². The Kier molecular flexibility index (Phi) is 1.92. The minimum absolute atomic E-state index is 0.628. The summed E-state index contributed by atoms with van der Waals surface area (Å²) in [5, 5.41) is 0. The second kappa shape index (κ2) is 3.14. The third kappa shape index (κ3) is 1.38. The maximum atomic E-state index is 5.37. The second-order valence-corrected chi connectivity index (χ2v) is 4.35. The zero-order valence-corrected chi connectivity index (χ0v) is 8.69. The summed E-state index contributed by atoms with van der Waals surface area (Å²) in [7, 11) is 0. The number of nitrogens with one attached hydrogen (secondary N) is 1. The van der Waals surface area contributed by atoms with Crippen molar-refractivity contribution in [3.05, 3.63) is 21.7 Å². The molecule has 1 aliphatic carbocycles. The van der Waals surface area contributed by atoms with Gasteiger partial charge in [-0.25, -0.2) is 4.98 Å². The molecule has 2 aliphatic rings. The van der Waals surface area contributed by atoms with E-state index in [2.05, 4.69) is 9.97 Å². The van der Waals surface area contributed by atoms with Gasteiger partial charge >= 0.3 is 0 Å². The molecular weight excluding hydrogens is 196 g/mol. The second-order valence-electron chi connectivity index (χ2n) is 3.96. The van der Waals surface area contributed by atoms with Gasteiger partial charge in [-0.05, 0) is 12.8 Å². The highest BCUT2D eigenvalue weighted by atomic mass is 32.1. The van der Waals surface area contributed by atoms with Crippen molar-refractivity contribution in [1.29, 1.82) is 0 Å². The van der Waals surface area contributed by atoms with Crippen molar-refractivity contribution in [2.24, 2.45) is 0 Å². The summed E-state index contributed by atoms with van der Waals surface area (Å²) in [5.41, 5.74) is 2.34. The Morgan fingerprint density at radius 3 is 3.07 bits per heavy atom. The fourth-order valence-corrected chi connectivity index (χ4v) is 2.11. The van der Waals surface area contributed by atoms with E-state index in [0.29, 0.717) is 12.5 Å². The summed E-state index contributed by atoms with van der Waals surface area (Å²) >= 11 is 5.26. The molecule has 1 fully saturated rings. The fourth-order valence-electron chi connectivity index (χ4n) is 1.82. The molecule has 0 amide bonds. The monoisotopic (exact) mass is 208 g/mol. The molecule has 0 radical (unpaired) electrons. The van der Waals surface area contributed by atoms with Gasteiger partial charge in [0, 0.05) is 23.6 Å². The largest absolute Gasteiger partial charge is 0.376 e. The van der Waals surface area contributed by atoms with E-state index in [1.807, 2.05) is 0 Å². The van der Waals surface area contributed by atoms with E-state index >= 15 is 0 Å². The molecule has 1 aliphatic heterocycles. The van der Waals surface area contributed by atoms with Gasteiger partial charge in [-0.1, -0.05) is 12.2 Å². The molecule has 1 saturated carbocycles. The standard InChI is InChI=1S/C10H12N2OS/c14-10-7-5-13-4-3-8(7)11-9(12-10)6-1-2-6/h6H,1-5H2,(H,11,12,14). The normalized spacial score (nSPS) is 20.6. The Labute approximate surface area is 87.5 Å². The maximum absolute atomic E-state index is 5.37. The van der Waals surface area contributed by atoms with Crippen LogP contribution >= 0.6 is 12.2 Å². The van der Waals surface area contributed by atoms with Gasteiger partial charge in [-0.15, -0.1) is 0 Å². The first-order chi connectivity index (χ1) is 6.84. The van der Waals surface area contributed by atoms with Crippen LogP contribution in [0.25, 0.3) is 0 Å². The van der Waals surface area contributed by atoms with Crippen molar-refractivity contribution >= 4 is 12.2 Å². The van der Waals surface area contributed by atoms with Crippen LogP contribution in [0.15, 0.2) is 0 Å². The van der Waals surface area contributed by atoms with E-state index in [1.165, 1.54) is 18.5 Å². The van der Waals surface area contributed by atoms with Gasteiger partial charge in [0.1, 0.15) is 10.5 Å². The number of nitrogens with zero attached hydrogens (tertiary/aromatic N) is 1. The Hall–Kier alpha value is -0.740. The SMILES string of the molecule is S=c1nc(C2CC2)[nH]c2c1COCC2. The smallest absolute Gasteiger partial charge is 0.135 e. The van der Waals surface area contributed by atoms with Gasteiger partial charge < -0.3 is 9.72 Å². The molecule has 1 aromatic heterocycles. The predicted molar refractivity (Wildman–Crippen MR) is 54.8 cm³/mol. The predicted octanol–water partition coefficient (Wildman–Crippen LogP) is 2.09. The van der Waals surface area contributed by atoms with Crippen molar-refractivity contribution in [3.8, 4) is 0 Å². The van der Waals surface area contributed by atoms with Gasteiger partial charge in [-0.3, -0.25) is 0 Å². The van der Waals surface area contributed by atoms with Crippen LogP contribution in [0.3, 0.4) is 0 Å². The molecule has 3 nitrogen and oxygen atoms in total. The third-order valence-electron chi connectivity index (χ3n) is 2.83. The number of H-pyrrole nitrogens is 1. The quantitative estimate of drug-likeness (QED) is 0.718. The molecule has 2 heterocycles. The van der Waals surface area contributed by atoms with Crippen LogP contribution in [-0.2, 0) is 17.8 Å². The van der Waals surface area contributed by atoms with Crippen molar-refractivity contribution < 1.29 is 4.74 Å². The van der Waals surface area contributed by atoms with E-state index < -0.39 is 0 Å². The van der Waals surface area contributed by atoms with E-state index in [4.69, 9.17) is 17.0 Å². The lowest BCUT2D eigenvalue weighted by atomic mass is 10.1. The number of rotatable bonds is 1. The number of hydrogen-bond donors (Lipinski definition) is 1. The summed E-state index contributed by atoms with van der Waals surface area (Å²) in [5.74, 6) is 1.74. The topological polar surface area (TPSA) is 37.9 Å². The van der Waals surface area contributed by atoms with Crippen molar-refractivity contribution in [3.63, 3.8) is 0 Å². The molecule has 14 heavy (non-hydrogen) atoms. The van der Waals surface area contributed by atoms with E-state index in [-0.39, 0.29) is 0 Å². The number of fused-ring (bicyclic) bond motifs is 1. The van der Waals surface area contributed by atoms with Gasteiger partial charge in [-0.2, -0.15) is 0 Å². The molecule has 0 bridgehead atoms. The molecule has 1 aromatic rings. The molecule has 4 heteroatoms. The summed E-state index contributed by atoms with van der Waals surface area (Å²) in [6, 6.07) is 0. The Morgan fingerprint density at radius 2 is 2.29 bits per heavy atom. The van der Waals surface area contributed by atoms with Crippen molar-refractivity contribution in [2.45, 2.75) is 31.8 Å². The minimum Gasteiger partial charge on any atom is -0.376 e. The summed E-state index contributed by atoms with van der Waals surface area (Å²) in [4.78, 5) is 7.84. The van der Waals surface area contributed by atoms with Gasteiger partial charge in [0.05, 0.1) is 13.2 Å². The average Bonchev–Trinajstić information content (AvgIpc) is 3.01. The highest BCUT2D eigenvalue weighted by molar-refractivity contribution is 7.71. The molecule has 0 spiro atoms. The first-order valence-corrected chi connectivity index (χ1v) is 5.45. The maximum Gasteiger partial charge on any atom is 0.135 e. The molecular formula is C10H12N2OS. The minimum atomic E-state index is 0.628. The van der Waals surface area contributed by atoms with Gasteiger partial charge in [0.15, 0.2) is 0 Å². The lowest BCUT2D eigenvalue weighted by Crippen LogP contribution is -2.14. The molecule has 0 atom stereocenters. The fraction of sp³-hybridized carbons (Fsp3) is 0.600. The summed E-state index contributed by atoms with van der Waals surface area (Å²) in [6.07, 6.45) is 3.46. The molecule has 3 rings (SSSR count). The van der Waals surface area contributed by atoms with Gasteiger partial charge in [0.2, 0.25) is 0 Å². The van der Waals surface area contributed by atoms with Crippen LogP contribution in [0.1, 0.15) is 35.8 Å². The molecule has 74 valence electrons. The first-order valence-electron chi connectivity index (χ1n) is 5.04. The number of hydrogen-bond acceptors (Lipinski definition) is 3. The Balaban J connectivity index is 2.11. The van der Waals surface area contributed by atoms with Crippen molar-refractivity contribution in [1.82, 2.24) is 9.97 Å². The molecule has 0 unspecified atom stereocenters. The number of ether oxygens (including phenoxy) is 1. The third-order valence-corrected chi connectivity index (χ3v) is 3.17. The molecule has 1 N–H and O–H groups in total. The Morgan fingerprint density at radius 1 is 1.43 bits per heavy atom. The molecule has 0 saturated heterocycles. The number of aromatic amines is 1. The highest BCUT2D eigenvalue weighted by Gasteiger charge is 2.27. The summed E-state index contributed by atoms with van der Waals surface area (Å²) in [6.45, 7) is 1.43. The van der Waals surface area contributed by atoms with Crippen LogP contribution in [0, 0.1) is 4.64 Å². The first kappa shape index (κ1) is 8.56.